The van der Waals surface area contributed by atoms with Crippen molar-refractivity contribution in [3.05, 3.63) is 82.8 Å². The molecule has 0 spiro atoms. The number of aromatic nitrogens is 1. The molecule has 0 bridgehead atoms. The number of carbonyl (C=O) groups is 2. The van der Waals surface area contributed by atoms with Crippen LogP contribution in [0.4, 0.5) is 5.69 Å². The van der Waals surface area contributed by atoms with Crippen molar-refractivity contribution >= 4 is 39.1 Å². The predicted octanol–water partition coefficient (Wildman–Crippen LogP) is 5.43. The van der Waals surface area contributed by atoms with Crippen LogP contribution in [-0.4, -0.2) is 28.2 Å². The van der Waals surface area contributed by atoms with E-state index in [0.29, 0.717) is 17.8 Å². The summed E-state index contributed by atoms with van der Waals surface area (Å²) in [4.78, 5) is 32.5. The lowest BCUT2D eigenvalue weighted by Gasteiger charge is -2.23. The Kier molecular flexibility index (Phi) is 5.03. The van der Waals surface area contributed by atoms with Gasteiger partial charge in [-0.25, -0.2) is 4.98 Å². The van der Waals surface area contributed by atoms with E-state index in [1.54, 1.807) is 29.5 Å². The van der Waals surface area contributed by atoms with Crippen LogP contribution >= 0.6 is 11.3 Å². The average molecular weight is 432 g/mol. The number of nitrogens with zero attached hydrogens (tertiary/aromatic N) is 2. The third-order valence-electron chi connectivity index (χ3n) is 5.59. The van der Waals surface area contributed by atoms with Crippen molar-refractivity contribution < 1.29 is 14.0 Å². The van der Waals surface area contributed by atoms with Crippen LogP contribution in [0.2, 0.25) is 0 Å². The molecule has 1 N–H and O–H groups in total. The zero-order valence-electron chi connectivity index (χ0n) is 17.0. The minimum Gasteiger partial charge on any atom is -0.459 e. The SMILES string of the molecule is Cc1ccc(C(=O)N2CCC[C@H]2c2nc3ccccc3s2)cc1NC(=O)c1ccco1. The molecule has 2 aromatic carbocycles. The Morgan fingerprint density at radius 3 is 2.84 bits per heavy atom. The normalized spacial score (nSPS) is 16.0. The van der Waals surface area contributed by atoms with E-state index in [4.69, 9.17) is 9.40 Å². The number of nitrogens with one attached hydrogen (secondary N) is 1. The monoisotopic (exact) mass is 431 g/mol. The van der Waals surface area contributed by atoms with Crippen molar-refractivity contribution in [2.24, 2.45) is 0 Å². The van der Waals surface area contributed by atoms with E-state index in [-0.39, 0.29) is 23.6 Å². The Morgan fingerprint density at radius 2 is 2.03 bits per heavy atom. The number of para-hydroxylation sites is 1. The third-order valence-corrected chi connectivity index (χ3v) is 6.72. The quantitative estimate of drug-likeness (QED) is 0.468. The third kappa shape index (κ3) is 3.72. The number of anilines is 1. The molecule has 0 saturated carbocycles. The Bertz CT molecular complexity index is 1230. The predicted molar refractivity (Wildman–Crippen MR) is 120 cm³/mol. The number of furan rings is 1. The molecule has 156 valence electrons. The van der Waals surface area contributed by atoms with Gasteiger partial charge < -0.3 is 14.6 Å². The van der Waals surface area contributed by atoms with Gasteiger partial charge >= 0.3 is 0 Å². The van der Waals surface area contributed by atoms with E-state index in [1.807, 2.05) is 42.2 Å². The molecular formula is C24H21N3O3S. The minimum absolute atomic E-state index is 0.0210. The molecule has 0 unspecified atom stereocenters. The number of amides is 2. The van der Waals surface area contributed by atoms with E-state index in [1.165, 1.54) is 6.26 Å². The van der Waals surface area contributed by atoms with Gasteiger partial charge in [-0.3, -0.25) is 9.59 Å². The molecule has 6 nitrogen and oxygen atoms in total. The van der Waals surface area contributed by atoms with Crippen LogP contribution < -0.4 is 5.32 Å². The lowest BCUT2D eigenvalue weighted by Crippen LogP contribution is -2.30. The van der Waals surface area contributed by atoms with Crippen LogP contribution in [-0.2, 0) is 0 Å². The molecule has 0 aliphatic carbocycles. The van der Waals surface area contributed by atoms with Gasteiger partial charge in [0.05, 0.1) is 22.5 Å². The summed E-state index contributed by atoms with van der Waals surface area (Å²) < 4.78 is 6.30. The average Bonchev–Trinajstić information content (AvgIpc) is 3.54. The molecule has 7 heteroatoms. The van der Waals surface area contributed by atoms with Crippen molar-refractivity contribution in [3.63, 3.8) is 0 Å². The zero-order chi connectivity index (χ0) is 21.4. The van der Waals surface area contributed by atoms with Crippen LogP contribution in [0.15, 0.2) is 65.3 Å². The summed E-state index contributed by atoms with van der Waals surface area (Å²) in [5, 5.41) is 3.82. The fraction of sp³-hybridized carbons (Fsp3) is 0.208. The number of hydrogen-bond donors (Lipinski definition) is 1. The summed E-state index contributed by atoms with van der Waals surface area (Å²) in [5.74, 6) is -0.159. The van der Waals surface area contributed by atoms with Crippen LogP contribution in [0, 0.1) is 6.92 Å². The van der Waals surface area contributed by atoms with E-state index >= 15 is 0 Å². The number of benzene rings is 2. The highest BCUT2D eigenvalue weighted by atomic mass is 32.1. The van der Waals surface area contributed by atoms with Crippen LogP contribution in [0.25, 0.3) is 10.2 Å². The van der Waals surface area contributed by atoms with Gasteiger partial charge in [-0.15, -0.1) is 11.3 Å². The van der Waals surface area contributed by atoms with Crippen molar-refractivity contribution in [1.29, 1.82) is 0 Å². The van der Waals surface area contributed by atoms with Crippen molar-refractivity contribution in [3.8, 4) is 0 Å². The molecule has 5 rings (SSSR count). The highest BCUT2D eigenvalue weighted by molar-refractivity contribution is 7.18. The first-order chi connectivity index (χ1) is 15.1. The molecule has 0 radical (unpaired) electrons. The Balaban J connectivity index is 1.40. The van der Waals surface area contributed by atoms with E-state index in [2.05, 4.69) is 11.4 Å². The van der Waals surface area contributed by atoms with E-state index in [0.717, 1.165) is 33.6 Å². The number of hydrogen-bond acceptors (Lipinski definition) is 5. The number of rotatable bonds is 4. The number of carbonyl (C=O) groups excluding carboxylic acids is 2. The Hall–Kier alpha value is -3.45. The van der Waals surface area contributed by atoms with Gasteiger partial charge in [0.2, 0.25) is 0 Å². The van der Waals surface area contributed by atoms with Gasteiger partial charge in [-0.05, 0) is 61.7 Å². The highest BCUT2D eigenvalue weighted by Crippen LogP contribution is 2.37. The summed E-state index contributed by atoms with van der Waals surface area (Å²) >= 11 is 1.65. The summed E-state index contributed by atoms with van der Waals surface area (Å²) in [6.07, 6.45) is 3.30. The fourth-order valence-corrected chi connectivity index (χ4v) is 5.06. The van der Waals surface area contributed by atoms with Crippen molar-refractivity contribution in [2.45, 2.75) is 25.8 Å². The second kappa shape index (κ2) is 8.00. The molecule has 4 aromatic rings. The van der Waals surface area contributed by atoms with Gasteiger partial charge in [0.1, 0.15) is 5.01 Å². The molecule has 1 fully saturated rings. The first-order valence-electron chi connectivity index (χ1n) is 10.2. The molecule has 1 aliphatic heterocycles. The molecular weight excluding hydrogens is 410 g/mol. The van der Waals surface area contributed by atoms with Gasteiger partial charge in [0, 0.05) is 17.8 Å². The molecule has 2 aromatic heterocycles. The zero-order valence-corrected chi connectivity index (χ0v) is 17.8. The summed E-state index contributed by atoms with van der Waals surface area (Å²) in [5.41, 5.74) is 3.00. The first kappa shape index (κ1) is 19.5. The summed E-state index contributed by atoms with van der Waals surface area (Å²) in [6, 6.07) is 16.7. The summed E-state index contributed by atoms with van der Waals surface area (Å²) in [6.45, 7) is 2.59. The molecule has 1 atom stereocenters. The molecule has 2 amide bonds. The number of likely N-dealkylation sites (tertiary alicyclic amines) is 1. The smallest absolute Gasteiger partial charge is 0.291 e. The van der Waals surface area contributed by atoms with Crippen molar-refractivity contribution in [2.75, 3.05) is 11.9 Å². The Morgan fingerprint density at radius 1 is 1.16 bits per heavy atom. The highest BCUT2D eigenvalue weighted by Gasteiger charge is 2.33. The van der Waals surface area contributed by atoms with E-state index < -0.39 is 0 Å². The number of fused-ring (bicyclic) bond motifs is 1. The topological polar surface area (TPSA) is 75.4 Å². The van der Waals surface area contributed by atoms with E-state index in [9.17, 15) is 9.59 Å². The van der Waals surface area contributed by atoms with Gasteiger partial charge in [-0.2, -0.15) is 0 Å². The summed E-state index contributed by atoms with van der Waals surface area (Å²) in [7, 11) is 0. The largest absolute Gasteiger partial charge is 0.459 e. The fourth-order valence-electron chi connectivity index (χ4n) is 3.95. The van der Waals surface area contributed by atoms with Gasteiger partial charge in [-0.1, -0.05) is 18.2 Å². The lowest BCUT2D eigenvalue weighted by atomic mass is 10.1. The number of aryl methyl sites for hydroxylation is 1. The van der Waals surface area contributed by atoms with Gasteiger partial charge in [0.15, 0.2) is 5.76 Å². The van der Waals surface area contributed by atoms with Crippen molar-refractivity contribution in [1.82, 2.24) is 9.88 Å². The maximum absolute atomic E-state index is 13.4. The standard InChI is InChI=1S/C24H21N3O3S/c1-15-10-11-16(14-18(15)25-22(28)20-8-5-13-30-20)24(29)27-12-4-7-19(27)23-26-17-6-2-3-9-21(17)31-23/h2-3,5-6,8-11,13-14,19H,4,7,12H2,1H3,(H,25,28)/t19-/m0/s1. The van der Waals surface area contributed by atoms with Crippen LogP contribution in [0.3, 0.4) is 0 Å². The Labute approximate surface area is 183 Å². The molecule has 3 heterocycles. The molecule has 1 saturated heterocycles. The van der Waals surface area contributed by atoms with Gasteiger partial charge in [0.25, 0.3) is 11.8 Å². The van der Waals surface area contributed by atoms with Crippen LogP contribution in [0.1, 0.15) is 50.4 Å². The van der Waals surface area contributed by atoms with Crippen LogP contribution in [0.5, 0.6) is 0 Å². The minimum atomic E-state index is -0.341. The maximum Gasteiger partial charge on any atom is 0.291 e. The second-order valence-electron chi connectivity index (χ2n) is 7.64. The second-order valence-corrected chi connectivity index (χ2v) is 8.70. The first-order valence-corrected chi connectivity index (χ1v) is 11.0. The molecule has 31 heavy (non-hydrogen) atoms. The maximum atomic E-state index is 13.4. The molecule has 1 aliphatic rings. The number of thiazole rings is 1. The lowest BCUT2D eigenvalue weighted by molar-refractivity contribution is 0.0735.